The number of hydrogen-bond donors (Lipinski definition) is 1. The van der Waals surface area contributed by atoms with Crippen LogP contribution in [0.25, 0.3) is 0 Å². The van der Waals surface area contributed by atoms with E-state index in [0.29, 0.717) is 12.0 Å². The van der Waals surface area contributed by atoms with Crippen LogP contribution in [0.3, 0.4) is 0 Å². The van der Waals surface area contributed by atoms with Gasteiger partial charge in [0, 0.05) is 39.0 Å². The molecule has 1 N–H and O–H groups in total. The number of methoxy groups -OCH3 is 1. The molecule has 2 heterocycles. The van der Waals surface area contributed by atoms with Gasteiger partial charge >= 0.3 is 0 Å². The van der Waals surface area contributed by atoms with Crippen molar-refractivity contribution in [2.45, 2.75) is 45.9 Å². The summed E-state index contributed by atoms with van der Waals surface area (Å²) in [4.78, 5) is 6.79. The second-order valence-electron chi connectivity index (χ2n) is 6.16. The minimum atomic E-state index is 0.272. The molecule has 1 aliphatic rings. The number of hydrogen-bond acceptors (Lipinski definition) is 4. The van der Waals surface area contributed by atoms with Crippen LogP contribution in [-0.4, -0.2) is 37.3 Å². The van der Waals surface area contributed by atoms with Crippen molar-refractivity contribution < 1.29 is 4.74 Å². The Balaban J connectivity index is 2.11. The van der Waals surface area contributed by atoms with Crippen molar-refractivity contribution in [2.24, 2.45) is 5.92 Å². The van der Waals surface area contributed by atoms with E-state index in [0.717, 1.165) is 42.5 Å². The van der Waals surface area contributed by atoms with Gasteiger partial charge in [-0.05, 0) is 24.0 Å². The van der Waals surface area contributed by atoms with Gasteiger partial charge in [-0.15, -0.1) is 0 Å². The van der Waals surface area contributed by atoms with E-state index < -0.39 is 0 Å². The maximum Gasteiger partial charge on any atom is 0.128 e. The Morgan fingerprint density at radius 3 is 2.95 bits per heavy atom. The smallest absolute Gasteiger partial charge is 0.128 e. The standard InChI is InChI=1S/C16H26ClN3O/c1-11(2)18-8-13-7-16(19-9-14(13)17)20-6-5-12(3)15(10-20)21-4/h7,9,11-12,15,18H,5-6,8,10H2,1-4H3. The summed E-state index contributed by atoms with van der Waals surface area (Å²) >= 11 is 6.25. The molecule has 1 aromatic rings. The number of rotatable bonds is 5. The Hall–Kier alpha value is -0.840. The molecule has 2 atom stereocenters. The number of ether oxygens (including phenoxy) is 1. The van der Waals surface area contributed by atoms with E-state index in [4.69, 9.17) is 16.3 Å². The van der Waals surface area contributed by atoms with Crippen molar-refractivity contribution in [1.29, 1.82) is 0 Å². The first-order valence-corrected chi connectivity index (χ1v) is 8.04. The zero-order valence-corrected chi connectivity index (χ0v) is 14.2. The van der Waals surface area contributed by atoms with Crippen LogP contribution in [-0.2, 0) is 11.3 Å². The number of pyridine rings is 1. The lowest BCUT2D eigenvalue weighted by Gasteiger charge is -2.37. The van der Waals surface area contributed by atoms with Crippen LogP contribution in [0, 0.1) is 5.92 Å². The summed E-state index contributed by atoms with van der Waals surface area (Å²) < 4.78 is 5.58. The zero-order valence-electron chi connectivity index (χ0n) is 13.4. The van der Waals surface area contributed by atoms with Crippen LogP contribution in [0.15, 0.2) is 12.3 Å². The normalized spacial score (nSPS) is 22.9. The van der Waals surface area contributed by atoms with E-state index in [1.54, 1.807) is 13.3 Å². The summed E-state index contributed by atoms with van der Waals surface area (Å²) in [6, 6.07) is 2.53. The molecule has 4 nitrogen and oxygen atoms in total. The van der Waals surface area contributed by atoms with Gasteiger partial charge in [0.15, 0.2) is 0 Å². The fourth-order valence-corrected chi connectivity index (χ4v) is 2.81. The third-order valence-corrected chi connectivity index (χ3v) is 4.48. The maximum atomic E-state index is 6.25. The summed E-state index contributed by atoms with van der Waals surface area (Å²) in [6.07, 6.45) is 3.16. The molecule has 1 fully saturated rings. The van der Waals surface area contributed by atoms with E-state index in [-0.39, 0.29) is 6.10 Å². The number of anilines is 1. The second-order valence-corrected chi connectivity index (χ2v) is 6.56. The number of nitrogens with zero attached hydrogens (tertiary/aromatic N) is 2. The number of aromatic nitrogens is 1. The molecular weight excluding hydrogens is 286 g/mol. The molecule has 21 heavy (non-hydrogen) atoms. The lowest BCUT2D eigenvalue weighted by molar-refractivity contribution is 0.0496. The van der Waals surface area contributed by atoms with E-state index in [2.05, 4.69) is 42.0 Å². The van der Waals surface area contributed by atoms with E-state index in [1.807, 2.05) is 0 Å². The van der Waals surface area contributed by atoms with Gasteiger partial charge in [-0.1, -0.05) is 32.4 Å². The van der Waals surface area contributed by atoms with Gasteiger partial charge in [0.2, 0.25) is 0 Å². The van der Waals surface area contributed by atoms with E-state index in [1.165, 1.54) is 0 Å². The topological polar surface area (TPSA) is 37.4 Å². The third-order valence-electron chi connectivity index (χ3n) is 4.14. The monoisotopic (exact) mass is 311 g/mol. The molecule has 0 saturated carbocycles. The molecule has 1 aliphatic heterocycles. The lowest BCUT2D eigenvalue weighted by Crippen LogP contribution is -2.44. The summed E-state index contributed by atoms with van der Waals surface area (Å²) in [7, 11) is 1.79. The number of halogens is 1. The van der Waals surface area contributed by atoms with Gasteiger partial charge in [0.25, 0.3) is 0 Å². The van der Waals surface area contributed by atoms with Crippen molar-refractivity contribution >= 4 is 17.4 Å². The van der Waals surface area contributed by atoms with Gasteiger partial charge in [-0.25, -0.2) is 4.98 Å². The quantitative estimate of drug-likeness (QED) is 0.906. The lowest BCUT2D eigenvalue weighted by atomic mass is 9.96. The van der Waals surface area contributed by atoms with Crippen LogP contribution in [0.4, 0.5) is 5.82 Å². The van der Waals surface area contributed by atoms with Crippen molar-refractivity contribution in [3.63, 3.8) is 0 Å². The molecule has 2 unspecified atom stereocenters. The van der Waals surface area contributed by atoms with Crippen molar-refractivity contribution in [1.82, 2.24) is 10.3 Å². The highest BCUT2D eigenvalue weighted by Gasteiger charge is 2.26. The van der Waals surface area contributed by atoms with Crippen LogP contribution < -0.4 is 10.2 Å². The van der Waals surface area contributed by atoms with Crippen LogP contribution in [0.1, 0.15) is 32.8 Å². The van der Waals surface area contributed by atoms with Gasteiger partial charge in [0.05, 0.1) is 11.1 Å². The Morgan fingerprint density at radius 1 is 1.52 bits per heavy atom. The Kier molecular flexibility index (Phi) is 5.85. The summed E-state index contributed by atoms with van der Waals surface area (Å²) in [5.41, 5.74) is 1.10. The van der Waals surface area contributed by atoms with Gasteiger partial charge < -0.3 is 15.0 Å². The molecule has 2 rings (SSSR count). The zero-order chi connectivity index (χ0) is 15.4. The fraction of sp³-hybridized carbons (Fsp3) is 0.688. The first-order chi connectivity index (χ1) is 10.0. The highest BCUT2D eigenvalue weighted by Crippen LogP contribution is 2.26. The van der Waals surface area contributed by atoms with Crippen LogP contribution in [0.5, 0.6) is 0 Å². The summed E-state index contributed by atoms with van der Waals surface area (Å²) in [6.45, 7) is 9.19. The van der Waals surface area contributed by atoms with Crippen molar-refractivity contribution in [2.75, 3.05) is 25.1 Å². The van der Waals surface area contributed by atoms with Crippen molar-refractivity contribution in [3.8, 4) is 0 Å². The molecule has 1 aromatic heterocycles. The first kappa shape index (κ1) is 16.5. The van der Waals surface area contributed by atoms with Crippen LogP contribution >= 0.6 is 11.6 Å². The average Bonchev–Trinajstić information content (AvgIpc) is 2.47. The minimum absolute atomic E-state index is 0.272. The molecule has 0 aliphatic carbocycles. The molecule has 0 spiro atoms. The third kappa shape index (κ3) is 4.31. The van der Waals surface area contributed by atoms with Gasteiger partial charge in [-0.2, -0.15) is 0 Å². The number of piperidine rings is 1. The van der Waals surface area contributed by atoms with Gasteiger partial charge in [0.1, 0.15) is 5.82 Å². The molecule has 0 aromatic carbocycles. The highest BCUT2D eigenvalue weighted by atomic mass is 35.5. The second kappa shape index (κ2) is 7.43. The fourth-order valence-electron chi connectivity index (χ4n) is 2.64. The molecule has 0 bridgehead atoms. The molecule has 1 saturated heterocycles. The summed E-state index contributed by atoms with van der Waals surface area (Å²) in [5.74, 6) is 1.59. The van der Waals surface area contributed by atoms with Gasteiger partial charge in [-0.3, -0.25) is 0 Å². The summed E-state index contributed by atoms with van der Waals surface area (Å²) in [5, 5.41) is 4.13. The highest BCUT2D eigenvalue weighted by molar-refractivity contribution is 6.31. The van der Waals surface area contributed by atoms with Crippen molar-refractivity contribution in [3.05, 3.63) is 22.8 Å². The van der Waals surface area contributed by atoms with E-state index in [9.17, 15) is 0 Å². The average molecular weight is 312 g/mol. The minimum Gasteiger partial charge on any atom is -0.379 e. The predicted octanol–water partition coefficient (Wildman–Crippen LogP) is 3.09. The molecule has 5 heteroatoms. The largest absolute Gasteiger partial charge is 0.379 e. The molecule has 118 valence electrons. The molecule has 0 radical (unpaired) electrons. The maximum absolute atomic E-state index is 6.25. The SMILES string of the molecule is COC1CN(c2cc(CNC(C)C)c(Cl)cn2)CCC1C. The Bertz CT molecular complexity index is 467. The van der Waals surface area contributed by atoms with Crippen LogP contribution in [0.2, 0.25) is 5.02 Å². The Labute approximate surface area is 132 Å². The first-order valence-electron chi connectivity index (χ1n) is 7.66. The Morgan fingerprint density at radius 2 is 2.29 bits per heavy atom. The number of nitrogens with one attached hydrogen (secondary N) is 1. The molecule has 0 amide bonds. The molecular formula is C16H26ClN3O. The predicted molar refractivity (Wildman–Crippen MR) is 88.0 cm³/mol. The van der Waals surface area contributed by atoms with E-state index >= 15 is 0 Å².